The number of benzene rings is 1. The highest BCUT2D eigenvalue weighted by atomic mass is 35.5. The zero-order chi connectivity index (χ0) is 11.1. The number of ether oxygens (including phenoxy) is 1. The van der Waals surface area contributed by atoms with E-state index in [1.807, 2.05) is 6.92 Å². The van der Waals surface area contributed by atoms with Crippen LogP contribution in [0, 0.1) is 17.7 Å². The fourth-order valence-electron chi connectivity index (χ4n) is 1.04. The first-order chi connectivity index (χ1) is 7.27. The summed E-state index contributed by atoms with van der Waals surface area (Å²) in [5.74, 6) is 5.67. The molecule has 0 aromatic heterocycles. The molecular weight excluding hydrogens is 215 g/mol. The standard InChI is InChI=1S/C12H12ClFO/c1-2-8-15-12-9-10(4-3-7-13)5-6-11(12)14/h5-6,9H,2,7-8H2,1H3. The normalized spacial score (nSPS) is 9.27. The summed E-state index contributed by atoms with van der Waals surface area (Å²) in [5, 5.41) is 0. The van der Waals surface area contributed by atoms with Crippen molar-refractivity contribution in [3.05, 3.63) is 29.6 Å². The molecule has 1 aromatic rings. The molecule has 15 heavy (non-hydrogen) atoms. The van der Waals surface area contributed by atoms with Gasteiger partial charge < -0.3 is 4.74 Å². The number of halogens is 2. The van der Waals surface area contributed by atoms with Crippen molar-refractivity contribution in [2.75, 3.05) is 12.5 Å². The van der Waals surface area contributed by atoms with E-state index in [9.17, 15) is 4.39 Å². The zero-order valence-corrected chi connectivity index (χ0v) is 9.27. The van der Waals surface area contributed by atoms with Crippen LogP contribution in [0.5, 0.6) is 5.75 Å². The van der Waals surface area contributed by atoms with Crippen molar-refractivity contribution in [1.29, 1.82) is 0 Å². The Balaban J connectivity index is 2.84. The minimum absolute atomic E-state index is 0.248. The first kappa shape index (κ1) is 11.9. The molecule has 0 bridgehead atoms. The summed E-state index contributed by atoms with van der Waals surface area (Å²) in [5.41, 5.74) is 0.711. The average molecular weight is 227 g/mol. The van der Waals surface area contributed by atoms with Gasteiger partial charge in [-0.2, -0.15) is 0 Å². The highest BCUT2D eigenvalue weighted by Gasteiger charge is 2.02. The van der Waals surface area contributed by atoms with Crippen LogP contribution in [0.3, 0.4) is 0 Å². The maximum atomic E-state index is 13.2. The van der Waals surface area contributed by atoms with Gasteiger partial charge in [0.2, 0.25) is 0 Å². The molecule has 0 amide bonds. The predicted molar refractivity (Wildman–Crippen MR) is 59.8 cm³/mol. The Labute approximate surface area is 94.2 Å². The van der Waals surface area contributed by atoms with E-state index in [0.29, 0.717) is 12.2 Å². The monoisotopic (exact) mass is 226 g/mol. The molecule has 0 spiro atoms. The second-order valence-electron chi connectivity index (χ2n) is 2.93. The number of hydrogen-bond acceptors (Lipinski definition) is 1. The fourth-order valence-corrected chi connectivity index (χ4v) is 1.11. The quantitative estimate of drug-likeness (QED) is 0.568. The molecule has 0 unspecified atom stereocenters. The summed E-state index contributed by atoms with van der Waals surface area (Å²) < 4.78 is 18.4. The minimum atomic E-state index is -0.361. The Morgan fingerprint density at radius 3 is 2.93 bits per heavy atom. The third-order valence-electron chi connectivity index (χ3n) is 1.69. The largest absolute Gasteiger partial charge is 0.490 e. The van der Waals surface area contributed by atoms with Crippen molar-refractivity contribution < 1.29 is 9.13 Å². The molecular formula is C12H12ClFO. The summed E-state index contributed by atoms with van der Waals surface area (Å²) in [6, 6.07) is 4.54. The Kier molecular flexibility index (Phi) is 5.00. The first-order valence-corrected chi connectivity index (χ1v) is 5.28. The maximum absolute atomic E-state index is 13.2. The van der Waals surface area contributed by atoms with E-state index in [0.717, 1.165) is 6.42 Å². The van der Waals surface area contributed by atoms with Gasteiger partial charge in [-0.1, -0.05) is 18.8 Å². The van der Waals surface area contributed by atoms with E-state index in [2.05, 4.69) is 11.8 Å². The van der Waals surface area contributed by atoms with Gasteiger partial charge in [0.05, 0.1) is 12.5 Å². The van der Waals surface area contributed by atoms with Crippen molar-refractivity contribution in [2.24, 2.45) is 0 Å². The van der Waals surface area contributed by atoms with Crippen molar-refractivity contribution in [3.63, 3.8) is 0 Å². The van der Waals surface area contributed by atoms with Gasteiger partial charge in [-0.15, -0.1) is 11.6 Å². The van der Waals surface area contributed by atoms with E-state index < -0.39 is 0 Å². The molecule has 1 aromatic carbocycles. The van der Waals surface area contributed by atoms with E-state index in [1.165, 1.54) is 6.07 Å². The van der Waals surface area contributed by atoms with Gasteiger partial charge in [-0.25, -0.2) is 4.39 Å². The molecule has 3 heteroatoms. The second-order valence-corrected chi connectivity index (χ2v) is 3.20. The summed E-state index contributed by atoms with van der Waals surface area (Å²) in [6.45, 7) is 2.47. The first-order valence-electron chi connectivity index (χ1n) is 4.75. The summed E-state index contributed by atoms with van der Waals surface area (Å²) >= 11 is 5.43. The van der Waals surface area contributed by atoms with E-state index in [-0.39, 0.29) is 17.4 Å². The van der Waals surface area contributed by atoms with E-state index in [1.54, 1.807) is 12.1 Å². The van der Waals surface area contributed by atoms with Gasteiger partial charge in [-0.05, 0) is 24.6 Å². The van der Waals surface area contributed by atoms with Crippen molar-refractivity contribution in [1.82, 2.24) is 0 Å². The van der Waals surface area contributed by atoms with Crippen LogP contribution < -0.4 is 4.74 Å². The highest BCUT2D eigenvalue weighted by molar-refractivity contribution is 6.19. The van der Waals surface area contributed by atoms with Crippen LogP contribution in [0.4, 0.5) is 4.39 Å². The smallest absolute Gasteiger partial charge is 0.165 e. The molecule has 80 valence electrons. The van der Waals surface area contributed by atoms with Gasteiger partial charge in [0.15, 0.2) is 11.6 Å². The van der Waals surface area contributed by atoms with Gasteiger partial charge in [0, 0.05) is 5.56 Å². The molecule has 0 aliphatic carbocycles. The Morgan fingerprint density at radius 2 is 2.27 bits per heavy atom. The number of rotatable bonds is 3. The lowest BCUT2D eigenvalue weighted by Gasteiger charge is -2.05. The van der Waals surface area contributed by atoms with Crippen LogP contribution in [0.1, 0.15) is 18.9 Å². The van der Waals surface area contributed by atoms with Crippen molar-refractivity contribution in [3.8, 4) is 17.6 Å². The zero-order valence-electron chi connectivity index (χ0n) is 8.52. The summed E-state index contributed by atoms with van der Waals surface area (Å²) in [4.78, 5) is 0. The highest BCUT2D eigenvalue weighted by Crippen LogP contribution is 2.18. The summed E-state index contributed by atoms with van der Waals surface area (Å²) in [6.07, 6.45) is 0.844. The van der Waals surface area contributed by atoms with Crippen molar-refractivity contribution in [2.45, 2.75) is 13.3 Å². The van der Waals surface area contributed by atoms with Crippen LogP contribution in [0.25, 0.3) is 0 Å². The van der Waals surface area contributed by atoms with Gasteiger partial charge >= 0.3 is 0 Å². The topological polar surface area (TPSA) is 9.23 Å². The molecule has 0 fully saturated rings. The van der Waals surface area contributed by atoms with Crippen molar-refractivity contribution >= 4 is 11.6 Å². The van der Waals surface area contributed by atoms with Crippen LogP contribution in [0.2, 0.25) is 0 Å². The van der Waals surface area contributed by atoms with Gasteiger partial charge in [0.1, 0.15) is 0 Å². The molecule has 0 N–H and O–H groups in total. The van der Waals surface area contributed by atoms with E-state index >= 15 is 0 Å². The molecule has 0 radical (unpaired) electrons. The molecule has 1 rings (SSSR count). The van der Waals surface area contributed by atoms with Crippen LogP contribution >= 0.6 is 11.6 Å². The Hall–Kier alpha value is -1.20. The number of alkyl halides is 1. The van der Waals surface area contributed by atoms with Crippen LogP contribution in [-0.2, 0) is 0 Å². The summed E-state index contributed by atoms with van der Waals surface area (Å²) in [7, 11) is 0. The second kappa shape index (κ2) is 6.31. The molecule has 1 nitrogen and oxygen atoms in total. The fraction of sp³-hybridized carbons (Fsp3) is 0.333. The number of hydrogen-bond donors (Lipinski definition) is 0. The lowest BCUT2D eigenvalue weighted by Crippen LogP contribution is -1.97. The molecule has 0 saturated heterocycles. The van der Waals surface area contributed by atoms with Gasteiger partial charge in [0.25, 0.3) is 0 Å². The molecule has 0 heterocycles. The Bertz CT molecular complexity index is 379. The van der Waals surface area contributed by atoms with E-state index in [4.69, 9.17) is 16.3 Å². The van der Waals surface area contributed by atoms with Gasteiger partial charge in [-0.3, -0.25) is 0 Å². The molecule has 0 aliphatic heterocycles. The van der Waals surface area contributed by atoms with Crippen LogP contribution in [0.15, 0.2) is 18.2 Å². The third-order valence-corrected chi connectivity index (χ3v) is 1.83. The predicted octanol–water partition coefficient (Wildman–Crippen LogP) is 3.20. The molecule has 0 aliphatic rings. The maximum Gasteiger partial charge on any atom is 0.165 e. The van der Waals surface area contributed by atoms with Crippen LogP contribution in [-0.4, -0.2) is 12.5 Å². The minimum Gasteiger partial charge on any atom is -0.490 e. The molecule has 0 atom stereocenters. The average Bonchev–Trinajstić information content (AvgIpc) is 2.26. The molecule has 0 saturated carbocycles. The lowest BCUT2D eigenvalue weighted by molar-refractivity contribution is 0.301. The third kappa shape index (κ3) is 3.81. The SMILES string of the molecule is CCCOc1cc(C#CCCl)ccc1F. The lowest BCUT2D eigenvalue weighted by atomic mass is 10.2. The Morgan fingerprint density at radius 1 is 1.47 bits per heavy atom.